The summed E-state index contributed by atoms with van der Waals surface area (Å²) in [5, 5.41) is 13.2. The highest BCUT2D eigenvalue weighted by atomic mass is 35.5. The molecule has 2 unspecified atom stereocenters. The van der Waals surface area contributed by atoms with Crippen LogP contribution in [0.3, 0.4) is 0 Å². The van der Waals surface area contributed by atoms with Gasteiger partial charge in [0, 0.05) is 0 Å². The molecule has 0 saturated heterocycles. The van der Waals surface area contributed by atoms with Gasteiger partial charge in [-0.2, -0.15) is 0 Å². The number of benzene rings is 2. The zero-order chi connectivity index (χ0) is 15.7. The van der Waals surface area contributed by atoms with E-state index in [-0.39, 0.29) is 0 Å². The standard InChI is InChI=1S/C16H14ClNO3S/c1-21-10-7-5-9(6-8-10)14-13(19)16(20)18-12-4-2-3-11(17)15(12)22-14/h2-8,13-14,19H,1H3,(H,18,20). The second-order valence-electron chi connectivity index (χ2n) is 4.86. The van der Waals surface area contributed by atoms with Gasteiger partial charge in [0.05, 0.1) is 28.0 Å². The van der Waals surface area contributed by atoms with E-state index in [0.29, 0.717) is 10.7 Å². The molecule has 1 aliphatic heterocycles. The number of amides is 1. The number of aliphatic hydroxyl groups excluding tert-OH is 1. The summed E-state index contributed by atoms with van der Waals surface area (Å²) in [5.74, 6) is 0.286. The highest BCUT2D eigenvalue weighted by Crippen LogP contribution is 2.46. The van der Waals surface area contributed by atoms with Gasteiger partial charge in [-0.15, -0.1) is 11.8 Å². The summed E-state index contributed by atoms with van der Waals surface area (Å²) in [4.78, 5) is 12.9. The molecule has 1 amide bonds. The summed E-state index contributed by atoms with van der Waals surface area (Å²) in [7, 11) is 1.59. The minimum atomic E-state index is -1.16. The molecular formula is C16H14ClNO3S. The molecule has 0 radical (unpaired) electrons. The van der Waals surface area contributed by atoms with Crippen LogP contribution < -0.4 is 10.1 Å². The smallest absolute Gasteiger partial charge is 0.254 e. The van der Waals surface area contributed by atoms with Crippen molar-refractivity contribution in [1.82, 2.24) is 0 Å². The Bertz CT molecular complexity index is 705. The molecule has 22 heavy (non-hydrogen) atoms. The number of halogens is 1. The number of rotatable bonds is 2. The maximum Gasteiger partial charge on any atom is 0.254 e. The summed E-state index contributed by atoms with van der Waals surface area (Å²) in [6.07, 6.45) is -1.16. The Hall–Kier alpha value is -1.69. The summed E-state index contributed by atoms with van der Waals surface area (Å²) in [5.41, 5.74) is 1.46. The number of thioether (sulfide) groups is 1. The number of fused-ring (bicyclic) bond motifs is 1. The van der Waals surface area contributed by atoms with E-state index in [2.05, 4.69) is 5.32 Å². The largest absolute Gasteiger partial charge is 0.497 e. The third kappa shape index (κ3) is 2.79. The molecule has 1 aliphatic rings. The third-order valence-electron chi connectivity index (χ3n) is 3.47. The third-order valence-corrected chi connectivity index (χ3v) is 5.36. The van der Waals surface area contributed by atoms with Crippen LogP contribution in [-0.2, 0) is 4.79 Å². The lowest BCUT2D eigenvalue weighted by atomic mass is 10.1. The van der Waals surface area contributed by atoms with Gasteiger partial charge >= 0.3 is 0 Å². The first-order valence-corrected chi connectivity index (χ1v) is 7.94. The van der Waals surface area contributed by atoms with Crippen LogP contribution in [0.2, 0.25) is 5.02 Å². The first kappa shape index (κ1) is 15.2. The van der Waals surface area contributed by atoms with E-state index in [1.807, 2.05) is 12.1 Å². The highest BCUT2D eigenvalue weighted by molar-refractivity contribution is 8.00. The van der Waals surface area contributed by atoms with Gasteiger partial charge in [-0.1, -0.05) is 29.8 Å². The van der Waals surface area contributed by atoms with E-state index in [1.54, 1.807) is 37.4 Å². The Morgan fingerprint density at radius 1 is 1.23 bits per heavy atom. The van der Waals surface area contributed by atoms with Gasteiger partial charge in [0.15, 0.2) is 0 Å². The molecule has 114 valence electrons. The van der Waals surface area contributed by atoms with Crippen molar-refractivity contribution in [2.75, 3.05) is 12.4 Å². The molecule has 2 aromatic carbocycles. The molecule has 0 aromatic heterocycles. The van der Waals surface area contributed by atoms with E-state index in [4.69, 9.17) is 16.3 Å². The highest BCUT2D eigenvalue weighted by Gasteiger charge is 2.33. The number of carbonyl (C=O) groups excluding carboxylic acids is 1. The Morgan fingerprint density at radius 2 is 1.95 bits per heavy atom. The van der Waals surface area contributed by atoms with E-state index in [1.165, 1.54) is 11.8 Å². The predicted octanol–water partition coefficient (Wildman–Crippen LogP) is 3.50. The van der Waals surface area contributed by atoms with Crippen molar-refractivity contribution >= 4 is 35.0 Å². The van der Waals surface area contributed by atoms with Crippen LogP contribution in [0.25, 0.3) is 0 Å². The molecule has 2 N–H and O–H groups in total. The number of hydrogen-bond acceptors (Lipinski definition) is 4. The van der Waals surface area contributed by atoms with Crippen LogP contribution >= 0.6 is 23.4 Å². The van der Waals surface area contributed by atoms with Crippen LogP contribution in [0.4, 0.5) is 5.69 Å². The fourth-order valence-electron chi connectivity index (χ4n) is 2.31. The first-order chi connectivity index (χ1) is 10.6. The normalized spacial score (nSPS) is 20.8. The van der Waals surface area contributed by atoms with Gasteiger partial charge in [-0.25, -0.2) is 0 Å². The zero-order valence-electron chi connectivity index (χ0n) is 11.7. The molecule has 3 rings (SSSR count). The Morgan fingerprint density at radius 3 is 2.64 bits per heavy atom. The first-order valence-electron chi connectivity index (χ1n) is 6.68. The average molecular weight is 336 g/mol. The lowest BCUT2D eigenvalue weighted by Gasteiger charge is -2.19. The zero-order valence-corrected chi connectivity index (χ0v) is 13.3. The van der Waals surface area contributed by atoms with E-state index >= 15 is 0 Å². The van der Waals surface area contributed by atoms with Crippen molar-refractivity contribution in [1.29, 1.82) is 0 Å². The molecule has 2 aromatic rings. The maximum atomic E-state index is 12.2. The Kier molecular flexibility index (Phi) is 4.29. The monoisotopic (exact) mass is 335 g/mol. The molecular weight excluding hydrogens is 322 g/mol. The molecule has 0 aliphatic carbocycles. The number of ether oxygens (including phenoxy) is 1. The molecule has 0 saturated carbocycles. The van der Waals surface area contributed by atoms with E-state index < -0.39 is 17.3 Å². The number of methoxy groups -OCH3 is 1. The summed E-state index contributed by atoms with van der Waals surface area (Å²) < 4.78 is 5.13. The van der Waals surface area contributed by atoms with Crippen LogP contribution in [0.5, 0.6) is 5.75 Å². The predicted molar refractivity (Wildman–Crippen MR) is 87.7 cm³/mol. The molecule has 2 atom stereocenters. The van der Waals surface area contributed by atoms with E-state index in [9.17, 15) is 9.90 Å². The van der Waals surface area contributed by atoms with Gasteiger partial charge in [0.25, 0.3) is 5.91 Å². The molecule has 0 bridgehead atoms. The lowest BCUT2D eigenvalue weighted by Crippen LogP contribution is -2.30. The average Bonchev–Trinajstić information content (AvgIpc) is 2.66. The molecule has 6 heteroatoms. The van der Waals surface area contributed by atoms with Gasteiger partial charge < -0.3 is 15.2 Å². The van der Waals surface area contributed by atoms with Crippen molar-refractivity contribution in [3.05, 3.63) is 53.1 Å². The second-order valence-corrected chi connectivity index (χ2v) is 6.42. The molecule has 1 heterocycles. The summed E-state index contributed by atoms with van der Waals surface area (Å²) >= 11 is 7.61. The van der Waals surface area contributed by atoms with Crippen LogP contribution in [0, 0.1) is 0 Å². The summed E-state index contributed by atoms with van der Waals surface area (Å²) in [6.45, 7) is 0. The van der Waals surface area contributed by atoms with Gasteiger partial charge in [0.2, 0.25) is 0 Å². The summed E-state index contributed by atoms with van der Waals surface area (Å²) in [6, 6.07) is 12.6. The Labute approximate surface area is 137 Å². The number of anilines is 1. The van der Waals surface area contributed by atoms with Gasteiger partial charge in [-0.05, 0) is 29.8 Å². The SMILES string of the molecule is COc1ccc(C2Sc3c(Cl)cccc3NC(=O)C2O)cc1. The van der Waals surface area contributed by atoms with Crippen molar-refractivity contribution in [3.63, 3.8) is 0 Å². The van der Waals surface area contributed by atoms with Crippen LogP contribution in [0.15, 0.2) is 47.4 Å². The molecule has 0 spiro atoms. The minimum absolute atomic E-state index is 0.436. The number of carbonyl (C=O) groups is 1. The lowest BCUT2D eigenvalue weighted by molar-refractivity contribution is -0.124. The number of nitrogens with one attached hydrogen (secondary N) is 1. The van der Waals surface area contributed by atoms with Crippen molar-refractivity contribution in [2.45, 2.75) is 16.2 Å². The number of aliphatic hydroxyl groups is 1. The van der Waals surface area contributed by atoms with Gasteiger partial charge in [-0.3, -0.25) is 4.79 Å². The minimum Gasteiger partial charge on any atom is -0.497 e. The number of hydrogen-bond donors (Lipinski definition) is 2. The molecule has 0 fully saturated rings. The van der Waals surface area contributed by atoms with E-state index in [0.717, 1.165) is 16.2 Å². The van der Waals surface area contributed by atoms with Crippen LogP contribution in [-0.4, -0.2) is 24.2 Å². The topological polar surface area (TPSA) is 58.6 Å². The quantitative estimate of drug-likeness (QED) is 0.882. The van der Waals surface area contributed by atoms with Crippen molar-refractivity contribution in [2.24, 2.45) is 0 Å². The van der Waals surface area contributed by atoms with Crippen LogP contribution in [0.1, 0.15) is 10.8 Å². The fourth-order valence-corrected chi connectivity index (χ4v) is 3.84. The fraction of sp³-hybridized carbons (Fsp3) is 0.188. The second kappa shape index (κ2) is 6.20. The molecule has 4 nitrogen and oxygen atoms in total. The Balaban J connectivity index is 2.02. The van der Waals surface area contributed by atoms with Crippen molar-refractivity contribution in [3.8, 4) is 5.75 Å². The maximum absolute atomic E-state index is 12.2. The van der Waals surface area contributed by atoms with Gasteiger partial charge in [0.1, 0.15) is 11.9 Å². The van der Waals surface area contributed by atoms with Crippen molar-refractivity contribution < 1.29 is 14.6 Å².